The van der Waals surface area contributed by atoms with E-state index in [1.807, 2.05) is 6.07 Å². The number of piperidine rings is 1. The van der Waals surface area contributed by atoms with E-state index in [1.54, 1.807) is 0 Å². The number of aliphatic hydroxyl groups excluding tert-OH is 1. The Morgan fingerprint density at radius 3 is 2.65 bits per heavy atom. The fraction of sp³-hybridized carbons (Fsp3) is 0.571. The van der Waals surface area contributed by atoms with E-state index in [-0.39, 0.29) is 12.1 Å². The molecule has 94 valence electrons. The van der Waals surface area contributed by atoms with Gasteiger partial charge in [0, 0.05) is 24.8 Å². The van der Waals surface area contributed by atoms with Gasteiger partial charge in [0.15, 0.2) is 0 Å². The minimum atomic E-state index is -0.127. The van der Waals surface area contributed by atoms with E-state index >= 15 is 0 Å². The first-order valence-electron chi connectivity index (χ1n) is 6.50. The average molecular weight is 234 g/mol. The first kappa shape index (κ1) is 12.4. The maximum atomic E-state index is 9.55. The zero-order valence-electron chi connectivity index (χ0n) is 10.5. The van der Waals surface area contributed by atoms with Crippen LogP contribution in [0, 0.1) is 0 Å². The third-order valence-corrected chi connectivity index (χ3v) is 3.58. The Balaban J connectivity index is 2.19. The van der Waals surface area contributed by atoms with Gasteiger partial charge >= 0.3 is 0 Å². The highest BCUT2D eigenvalue weighted by Crippen LogP contribution is 2.28. The van der Waals surface area contributed by atoms with Crippen LogP contribution in [0.15, 0.2) is 24.3 Å². The molecule has 1 aromatic rings. The van der Waals surface area contributed by atoms with Crippen molar-refractivity contribution in [3.05, 3.63) is 29.8 Å². The molecule has 1 fully saturated rings. The van der Waals surface area contributed by atoms with E-state index in [1.165, 1.54) is 11.3 Å². The Morgan fingerprint density at radius 2 is 2.00 bits per heavy atom. The van der Waals surface area contributed by atoms with Gasteiger partial charge in [0.25, 0.3) is 0 Å². The highest BCUT2D eigenvalue weighted by atomic mass is 16.3. The summed E-state index contributed by atoms with van der Waals surface area (Å²) in [5.74, 6) is 0. The first-order chi connectivity index (χ1) is 8.22. The van der Waals surface area contributed by atoms with Crippen molar-refractivity contribution in [3.8, 4) is 0 Å². The summed E-state index contributed by atoms with van der Waals surface area (Å²) in [6.07, 6.45) is 2.54. The van der Waals surface area contributed by atoms with Crippen LogP contribution in [-0.4, -0.2) is 24.3 Å². The van der Waals surface area contributed by atoms with Crippen molar-refractivity contribution < 1.29 is 5.11 Å². The first-order valence-corrected chi connectivity index (χ1v) is 6.50. The summed E-state index contributed by atoms with van der Waals surface area (Å²) in [5.41, 5.74) is 8.63. The number of nitrogens with two attached hydrogens (primary N) is 1. The van der Waals surface area contributed by atoms with Crippen LogP contribution in [0.5, 0.6) is 0 Å². The fourth-order valence-electron chi connectivity index (χ4n) is 2.42. The Hall–Kier alpha value is -1.06. The highest BCUT2D eigenvalue weighted by molar-refractivity contribution is 5.55. The second-order valence-corrected chi connectivity index (χ2v) is 4.79. The van der Waals surface area contributed by atoms with Crippen molar-refractivity contribution >= 4 is 5.69 Å². The molecule has 3 heteroatoms. The summed E-state index contributed by atoms with van der Waals surface area (Å²) in [4.78, 5) is 2.34. The Labute approximate surface area is 103 Å². The summed E-state index contributed by atoms with van der Waals surface area (Å²) in [6.45, 7) is 3.96. The van der Waals surface area contributed by atoms with Crippen LogP contribution in [0.3, 0.4) is 0 Å². The number of benzene rings is 1. The minimum Gasteiger partial charge on any atom is -0.393 e. The lowest BCUT2D eigenvalue weighted by Crippen LogP contribution is -2.36. The summed E-state index contributed by atoms with van der Waals surface area (Å²) < 4.78 is 0. The number of para-hydroxylation sites is 1. The molecular weight excluding hydrogens is 212 g/mol. The predicted molar refractivity (Wildman–Crippen MR) is 71.1 cm³/mol. The van der Waals surface area contributed by atoms with E-state index in [9.17, 15) is 5.11 Å². The summed E-state index contributed by atoms with van der Waals surface area (Å²) in [5, 5.41) is 9.55. The number of anilines is 1. The van der Waals surface area contributed by atoms with E-state index in [0.29, 0.717) is 0 Å². The lowest BCUT2D eigenvalue weighted by molar-refractivity contribution is 0.145. The minimum absolute atomic E-state index is 0.109. The number of nitrogens with zero attached hydrogens (tertiary/aromatic N) is 1. The summed E-state index contributed by atoms with van der Waals surface area (Å²) >= 11 is 0. The van der Waals surface area contributed by atoms with Gasteiger partial charge in [0.1, 0.15) is 0 Å². The molecule has 0 spiro atoms. The SMILES string of the molecule is CCC(N)c1ccccc1N1CCC(O)CC1. The molecule has 1 atom stereocenters. The van der Waals surface area contributed by atoms with Crippen LogP contribution in [0.25, 0.3) is 0 Å². The summed E-state index contributed by atoms with van der Waals surface area (Å²) in [6, 6.07) is 8.48. The quantitative estimate of drug-likeness (QED) is 0.841. The van der Waals surface area contributed by atoms with Gasteiger partial charge in [-0.05, 0) is 30.9 Å². The zero-order valence-corrected chi connectivity index (χ0v) is 10.5. The monoisotopic (exact) mass is 234 g/mol. The van der Waals surface area contributed by atoms with E-state index in [4.69, 9.17) is 5.73 Å². The van der Waals surface area contributed by atoms with Crippen LogP contribution in [0.4, 0.5) is 5.69 Å². The topological polar surface area (TPSA) is 49.5 Å². The molecule has 1 aliphatic rings. The largest absolute Gasteiger partial charge is 0.393 e. The fourth-order valence-corrected chi connectivity index (χ4v) is 2.42. The molecule has 0 bridgehead atoms. The maximum absolute atomic E-state index is 9.55. The lowest BCUT2D eigenvalue weighted by Gasteiger charge is -2.33. The van der Waals surface area contributed by atoms with Crippen molar-refractivity contribution in [2.75, 3.05) is 18.0 Å². The van der Waals surface area contributed by atoms with Crippen LogP contribution in [0.1, 0.15) is 37.8 Å². The van der Waals surface area contributed by atoms with Crippen LogP contribution in [-0.2, 0) is 0 Å². The molecule has 17 heavy (non-hydrogen) atoms. The lowest BCUT2D eigenvalue weighted by atomic mass is 10.00. The standard InChI is InChI=1S/C14H22N2O/c1-2-13(15)12-5-3-4-6-14(12)16-9-7-11(17)8-10-16/h3-6,11,13,17H,2,7-10,15H2,1H3. The third-order valence-electron chi connectivity index (χ3n) is 3.58. The van der Waals surface area contributed by atoms with Gasteiger partial charge in [-0.1, -0.05) is 25.1 Å². The molecule has 1 aliphatic heterocycles. The molecule has 1 saturated heterocycles. The van der Waals surface area contributed by atoms with E-state index < -0.39 is 0 Å². The molecule has 2 rings (SSSR count). The highest BCUT2D eigenvalue weighted by Gasteiger charge is 2.20. The zero-order chi connectivity index (χ0) is 12.3. The van der Waals surface area contributed by atoms with Crippen LogP contribution >= 0.6 is 0 Å². The van der Waals surface area contributed by atoms with Crippen molar-refractivity contribution in [1.82, 2.24) is 0 Å². The van der Waals surface area contributed by atoms with Crippen LogP contribution < -0.4 is 10.6 Å². The number of hydrogen-bond donors (Lipinski definition) is 2. The van der Waals surface area contributed by atoms with Crippen molar-refractivity contribution in [3.63, 3.8) is 0 Å². The Bertz CT molecular complexity index is 359. The van der Waals surface area contributed by atoms with Gasteiger partial charge in [-0.2, -0.15) is 0 Å². The van der Waals surface area contributed by atoms with Crippen LogP contribution in [0.2, 0.25) is 0 Å². The molecule has 0 aromatic heterocycles. The molecule has 1 aromatic carbocycles. The number of aliphatic hydroxyl groups is 1. The van der Waals surface area contributed by atoms with Gasteiger partial charge in [-0.15, -0.1) is 0 Å². The average Bonchev–Trinajstić information content (AvgIpc) is 2.39. The van der Waals surface area contributed by atoms with Crippen molar-refractivity contribution in [2.24, 2.45) is 5.73 Å². The number of rotatable bonds is 3. The Morgan fingerprint density at radius 1 is 1.35 bits per heavy atom. The molecule has 0 amide bonds. The number of hydrogen-bond acceptors (Lipinski definition) is 3. The Kier molecular flexibility index (Phi) is 4.02. The van der Waals surface area contributed by atoms with Gasteiger partial charge in [-0.3, -0.25) is 0 Å². The molecule has 1 unspecified atom stereocenters. The van der Waals surface area contributed by atoms with Crippen molar-refractivity contribution in [2.45, 2.75) is 38.3 Å². The molecule has 0 saturated carbocycles. The smallest absolute Gasteiger partial charge is 0.0574 e. The normalized spacial score (nSPS) is 19.4. The van der Waals surface area contributed by atoms with E-state index in [0.717, 1.165) is 32.4 Å². The maximum Gasteiger partial charge on any atom is 0.0574 e. The second kappa shape index (κ2) is 5.52. The van der Waals surface area contributed by atoms with Gasteiger partial charge in [0.2, 0.25) is 0 Å². The predicted octanol–water partition coefficient (Wildman–Crippen LogP) is 2.06. The molecular formula is C14H22N2O. The molecule has 3 N–H and O–H groups in total. The molecule has 3 nitrogen and oxygen atoms in total. The van der Waals surface area contributed by atoms with Crippen molar-refractivity contribution in [1.29, 1.82) is 0 Å². The molecule has 1 heterocycles. The van der Waals surface area contributed by atoms with E-state index in [2.05, 4.69) is 30.0 Å². The third kappa shape index (κ3) is 2.79. The molecule has 0 aliphatic carbocycles. The summed E-state index contributed by atoms with van der Waals surface area (Å²) in [7, 11) is 0. The van der Waals surface area contributed by atoms with Gasteiger partial charge in [0.05, 0.1) is 6.10 Å². The molecule has 0 radical (unpaired) electrons. The second-order valence-electron chi connectivity index (χ2n) is 4.79. The van der Waals surface area contributed by atoms with Gasteiger partial charge in [-0.25, -0.2) is 0 Å². The van der Waals surface area contributed by atoms with Gasteiger partial charge < -0.3 is 15.7 Å².